The van der Waals surface area contributed by atoms with E-state index in [0.717, 1.165) is 29.5 Å². The van der Waals surface area contributed by atoms with E-state index in [0.29, 0.717) is 40.0 Å². The van der Waals surface area contributed by atoms with Gasteiger partial charge in [-0.3, -0.25) is 4.79 Å². The Hall–Kier alpha value is -4.00. The van der Waals surface area contributed by atoms with Crippen molar-refractivity contribution >= 4 is 22.5 Å². The van der Waals surface area contributed by atoms with Crippen molar-refractivity contribution < 1.29 is 18.3 Å². The number of rotatable bonds is 4. The highest BCUT2D eigenvalue weighted by molar-refractivity contribution is 6.11. The summed E-state index contributed by atoms with van der Waals surface area (Å²) in [5, 5.41) is 0.532. The van der Waals surface area contributed by atoms with Crippen molar-refractivity contribution in [1.29, 1.82) is 0 Å². The second-order valence-electron chi connectivity index (χ2n) is 7.68. The van der Waals surface area contributed by atoms with Gasteiger partial charge in [0.25, 0.3) is 5.91 Å². The van der Waals surface area contributed by atoms with Crippen molar-refractivity contribution in [1.82, 2.24) is 9.88 Å². The molecule has 1 aliphatic heterocycles. The van der Waals surface area contributed by atoms with Crippen LogP contribution < -0.4 is 10.5 Å². The molecule has 0 saturated heterocycles. The number of aromatic nitrogens is 1. The van der Waals surface area contributed by atoms with Gasteiger partial charge < -0.3 is 15.4 Å². The van der Waals surface area contributed by atoms with Crippen LogP contribution in [0.4, 0.5) is 14.5 Å². The van der Waals surface area contributed by atoms with Gasteiger partial charge in [-0.05, 0) is 35.9 Å². The van der Waals surface area contributed by atoms with Crippen LogP contribution in [0.15, 0.2) is 60.7 Å². The molecule has 0 spiro atoms. The number of nitrogen functional groups attached to an aromatic ring is 1. The second-order valence-corrected chi connectivity index (χ2v) is 7.68. The number of nitrogens with zero attached hydrogens (tertiary/aromatic N) is 2. The molecule has 160 valence electrons. The zero-order valence-electron chi connectivity index (χ0n) is 17.2. The van der Waals surface area contributed by atoms with Crippen LogP contribution in [-0.2, 0) is 13.1 Å². The predicted molar refractivity (Wildman–Crippen MR) is 118 cm³/mol. The van der Waals surface area contributed by atoms with E-state index in [1.807, 2.05) is 24.3 Å². The molecule has 2 N–H and O–H groups in total. The Kier molecular flexibility index (Phi) is 4.74. The summed E-state index contributed by atoms with van der Waals surface area (Å²) in [6.07, 6.45) is 0. The van der Waals surface area contributed by atoms with Crippen LogP contribution in [0.2, 0.25) is 0 Å². The Balaban J connectivity index is 1.57. The number of carbonyl (C=O) groups excluding carboxylic acids is 1. The number of pyridine rings is 1. The van der Waals surface area contributed by atoms with Crippen molar-refractivity contribution in [3.63, 3.8) is 0 Å². The van der Waals surface area contributed by atoms with Crippen LogP contribution in [-0.4, -0.2) is 22.9 Å². The van der Waals surface area contributed by atoms with Gasteiger partial charge in [0.05, 0.1) is 36.1 Å². The van der Waals surface area contributed by atoms with Crippen LogP contribution in [0.3, 0.4) is 0 Å². The van der Waals surface area contributed by atoms with Gasteiger partial charge in [0.1, 0.15) is 17.4 Å². The van der Waals surface area contributed by atoms with Crippen LogP contribution in [0.25, 0.3) is 22.0 Å². The first-order valence-electron chi connectivity index (χ1n) is 10.0. The minimum Gasteiger partial charge on any atom is -0.497 e. The number of nitrogens with two attached hydrogens (primary N) is 1. The number of ether oxygens (including phenoxy) is 1. The fourth-order valence-corrected chi connectivity index (χ4v) is 4.13. The van der Waals surface area contributed by atoms with Gasteiger partial charge in [-0.15, -0.1) is 0 Å². The van der Waals surface area contributed by atoms with Gasteiger partial charge in [0.2, 0.25) is 0 Å². The third-order valence-corrected chi connectivity index (χ3v) is 5.72. The fraction of sp³-hybridized carbons (Fsp3) is 0.120. The first-order valence-corrected chi connectivity index (χ1v) is 10.0. The first-order chi connectivity index (χ1) is 15.5. The molecule has 0 saturated carbocycles. The van der Waals surface area contributed by atoms with Crippen LogP contribution in [0.1, 0.15) is 21.6 Å². The molecule has 1 aromatic heterocycles. The molecule has 32 heavy (non-hydrogen) atoms. The summed E-state index contributed by atoms with van der Waals surface area (Å²) in [5.74, 6) is -0.575. The van der Waals surface area contributed by atoms with Gasteiger partial charge in [-0.25, -0.2) is 13.8 Å². The monoisotopic (exact) mass is 431 g/mol. The van der Waals surface area contributed by atoms with E-state index in [4.69, 9.17) is 10.5 Å². The lowest BCUT2D eigenvalue weighted by Crippen LogP contribution is -2.23. The van der Waals surface area contributed by atoms with Gasteiger partial charge in [-0.1, -0.05) is 30.3 Å². The molecule has 3 aromatic carbocycles. The molecule has 0 radical (unpaired) electrons. The molecule has 5 nitrogen and oxygen atoms in total. The molecule has 7 heteroatoms. The number of hydrogen-bond donors (Lipinski definition) is 1. The summed E-state index contributed by atoms with van der Waals surface area (Å²) in [7, 11) is 1.60. The van der Waals surface area contributed by atoms with Crippen LogP contribution in [0, 0.1) is 11.6 Å². The van der Waals surface area contributed by atoms with Gasteiger partial charge in [-0.2, -0.15) is 0 Å². The molecular formula is C25H19F2N3O2. The molecule has 1 amide bonds. The normalized spacial score (nSPS) is 13.0. The summed E-state index contributed by atoms with van der Waals surface area (Å²) < 4.78 is 33.5. The lowest BCUT2D eigenvalue weighted by Gasteiger charge is -2.15. The minimum absolute atomic E-state index is 0.0989. The van der Waals surface area contributed by atoms with E-state index < -0.39 is 11.6 Å². The number of hydrogen-bond acceptors (Lipinski definition) is 4. The van der Waals surface area contributed by atoms with Crippen molar-refractivity contribution in [2.75, 3.05) is 12.8 Å². The molecule has 5 rings (SSSR count). The number of benzene rings is 3. The van der Waals surface area contributed by atoms with Gasteiger partial charge in [0.15, 0.2) is 0 Å². The highest BCUT2D eigenvalue weighted by Gasteiger charge is 2.32. The average Bonchev–Trinajstić information content (AvgIpc) is 3.11. The average molecular weight is 431 g/mol. The number of amides is 1. The zero-order chi connectivity index (χ0) is 22.4. The number of methoxy groups -OCH3 is 1. The molecule has 0 bridgehead atoms. The largest absolute Gasteiger partial charge is 0.497 e. The fourth-order valence-electron chi connectivity index (χ4n) is 4.13. The number of fused-ring (bicyclic) bond motifs is 2. The molecule has 0 unspecified atom stereocenters. The smallest absolute Gasteiger partial charge is 0.258 e. The van der Waals surface area contributed by atoms with Crippen LogP contribution in [0.5, 0.6) is 5.75 Å². The summed E-state index contributed by atoms with van der Waals surface area (Å²) in [6.45, 7) is 0.667. The summed E-state index contributed by atoms with van der Waals surface area (Å²) >= 11 is 0. The maximum Gasteiger partial charge on any atom is 0.258 e. The Morgan fingerprint density at radius 2 is 1.84 bits per heavy atom. The van der Waals surface area contributed by atoms with E-state index in [9.17, 15) is 13.6 Å². The highest BCUT2D eigenvalue weighted by atomic mass is 19.1. The third kappa shape index (κ3) is 3.22. The molecule has 2 heterocycles. The molecule has 0 atom stereocenters. The maximum atomic E-state index is 14.5. The van der Waals surface area contributed by atoms with Gasteiger partial charge >= 0.3 is 0 Å². The van der Waals surface area contributed by atoms with E-state index >= 15 is 0 Å². The lowest BCUT2D eigenvalue weighted by atomic mass is 9.98. The summed E-state index contributed by atoms with van der Waals surface area (Å²) in [6, 6.07) is 15.9. The predicted octanol–water partition coefficient (Wildman–Crippen LogP) is 4.93. The van der Waals surface area contributed by atoms with Crippen molar-refractivity contribution in [2.24, 2.45) is 0 Å². The Morgan fingerprint density at radius 1 is 1.06 bits per heavy atom. The van der Waals surface area contributed by atoms with Gasteiger partial charge in [0, 0.05) is 23.1 Å². The third-order valence-electron chi connectivity index (χ3n) is 5.72. The van der Waals surface area contributed by atoms with E-state index in [-0.39, 0.29) is 18.0 Å². The second kappa shape index (κ2) is 7.60. The molecule has 1 aliphatic rings. The molecule has 0 fully saturated rings. The number of anilines is 1. The Bertz CT molecular complexity index is 1370. The summed E-state index contributed by atoms with van der Waals surface area (Å²) in [5.41, 5.74) is 9.49. The maximum absolute atomic E-state index is 14.5. The van der Waals surface area contributed by atoms with Crippen molar-refractivity contribution in [2.45, 2.75) is 13.1 Å². The quantitative estimate of drug-likeness (QED) is 0.498. The SMILES string of the molecule is COc1ccc(CN2Cc3nc4c(-c5cc(F)ccc5F)cccc4c(N)c3C2=O)cc1. The standard InChI is InChI=1S/C25H19F2N3O2/c1-32-16-8-5-14(6-9-16)12-30-13-21-22(25(30)31)23(28)18-4-2-3-17(24(18)29-21)19-11-15(26)7-10-20(19)27/h2-11H,12-13H2,1H3,(H2,28,29). The molecular weight excluding hydrogens is 412 g/mol. The number of halogens is 2. The lowest BCUT2D eigenvalue weighted by molar-refractivity contribution is 0.0767. The highest BCUT2D eigenvalue weighted by Crippen LogP contribution is 2.37. The van der Waals surface area contributed by atoms with Crippen LogP contribution >= 0.6 is 0 Å². The zero-order valence-corrected chi connectivity index (χ0v) is 17.2. The number of carbonyl (C=O) groups is 1. The number of para-hydroxylation sites is 1. The molecule has 4 aromatic rings. The van der Waals surface area contributed by atoms with Crippen molar-refractivity contribution in [3.8, 4) is 16.9 Å². The Labute approximate surface area is 183 Å². The van der Waals surface area contributed by atoms with E-state index in [2.05, 4.69) is 4.98 Å². The minimum atomic E-state index is -0.558. The molecule has 0 aliphatic carbocycles. The summed E-state index contributed by atoms with van der Waals surface area (Å²) in [4.78, 5) is 19.5. The van der Waals surface area contributed by atoms with E-state index in [1.165, 1.54) is 0 Å². The van der Waals surface area contributed by atoms with Crippen molar-refractivity contribution in [3.05, 3.63) is 89.1 Å². The Morgan fingerprint density at radius 3 is 2.59 bits per heavy atom. The topological polar surface area (TPSA) is 68.4 Å². The van der Waals surface area contributed by atoms with E-state index in [1.54, 1.807) is 30.2 Å². The first kappa shape index (κ1) is 19.9.